The molecule has 0 atom stereocenters. The van der Waals surface area contributed by atoms with Crippen LogP contribution in [0.4, 0.5) is 5.13 Å². The Hall–Kier alpha value is -2.40. The molecule has 3 rings (SSSR count). The quantitative estimate of drug-likeness (QED) is 0.770. The molecule has 3 aromatic rings. The highest BCUT2D eigenvalue weighted by Crippen LogP contribution is 2.25. The maximum Gasteiger partial charge on any atom is 0.293 e. The number of aromatic nitrogens is 1. The van der Waals surface area contributed by atoms with E-state index in [0.29, 0.717) is 16.7 Å². The minimum Gasteiger partial charge on any atom is -0.456 e. The molecule has 0 radical (unpaired) electrons. The lowest BCUT2D eigenvalue weighted by Crippen LogP contribution is -2.10. The van der Waals surface area contributed by atoms with Gasteiger partial charge in [-0.3, -0.25) is 10.1 Å². The highest BCUT2D eigenvalue weighted by molar-refractivity contribution is 7.14. The van der Waals surface area contributed by atoms with E-state index in [-0.39, 0.29) is 5.91 Å². The molecule has 1 N–H and O–H groups in total. The van der Waals surface area contributed by atoms with E-state index < -0.39 is 0 Å². The molecule has 1 aromatic carbocycles. The van der Waals surface area contributed by atoms with E-state index in [4.69, 9.17) is 4.42 Å². The van der Waals surface area contributed by atoms with Crippen LogP contribution in [0, 0.1) is 6.92 Å². The summed E-state index contributed by atoms with van der Waals surface area (Å²) in [4.78, 5) is 16.5. The summed E-state index contributed by atoms with van der Waals surface area (Å²) in [6.45, 7) is 3.93. The molecule has 0 saturated carbocycles. The number of nitrogens with zero attached hydrogens (tertiary/aromatic N) is 1. The SMILES string of the molecule is CCc1ccc(-c2csc(NC(=O)c3ccc(C)o3)n2)cc1. The highest BCUT2D eigenvalue weighted by atomic mass is 32.1. The molecule has 0 fully saturated rings. The highest BCUT2D eigenvalue weighted by Gasteiger charge is 2.12. The molecule has 0 aliphatic heterocycles. The first-order chi connectivity index (χ1) is 10.7. The van der Waals surface area contributed by atoms with Gasteiger partial charge in [-0.15, -0.1) is 11.3 Å². The Kier molecular flexibility index (Phi) is 4.06. The number of thiazole rings is 1. The second-order valence-electron chi connectivity index (χ2n) is 4.95. The normalized spacial score (nSPS) is 10.6. The van der Waals surface area contributed by atoms with E-state index in [1.165, 1.54) is 16.9 Å². The van der Waals surface area contributed by atoms with E-state index in [9.17, 15) is 4.79 Å². The van der Waals surface area contributed by atoms with Gasteiger partial charge >= 0.3 is 0 Å². The van der Waals surface area contributed by atoms with Crippen molar-refractivity contribution in [3.63, 3.8) is 0 Å². The lowest BCUT2D eigenvalue weighted by molar-refractivity contribution is 0.0995. The molecule has 112 valence electrons. The van der Waals surface area contributed by atoms with Gasteiger partial charge < -0.3 is 4.42 Å². The first-order valence-corrected chi connectivity index (χ1v) is 7.96. The molecular formula is C17H16N2O2S. The Morgan fingerprint density at radius 1 is 1.23 bits per heavy atom. The summed E-state index contributed by atoms with van der Waals surface area (Å²) in [5.41, 5.74) is 3.20. The third kappa shape index (κ3) is 3.09. The van der Waals surface area contributed by atoms with Gasteiger partial charge in [-0.1, -0.05) is 31.2 Å². The Morgan fingerprint density at radius 3 is 2.64 bits per heavy atom. The Balaban J connectivity index is 1.74. The molecule has 4 nitrogen and oxygen atoms in total. The maximum absolute atomic E-state index is 12.0. The minimum absolute atomic E-state index is 0.282. The van der Waals surface area contributed by atoms with Crippen molar-refractivity contribution >= 4 is 22.4 Å². The lowest BCUT2D eigenvalue weighted by atomic mass is 10.1. The number of hydrogen-bond donors (Lipinski definition) is 1. The van der Waals surface area contributed by atoms with Crippen LogP contribution in [0.1, 0.15) is 28.8 Å². The van der Waals surface area contributed by atoms with Crippen LogP contribution in [0.3, 0.4) is 0 Å². The molecule has 0 aliphatic rings. The molecule has 0 aliphatic carbocycles. The number of benzene rings is 1. The van der Waals surface area contributed by atoms with E-state index in [2.05, 4.69) is 41.5 Å². The molecule has 1 amide bonds. The van der Waals surface area contributed by atoms with Crippen LogP contribution in [0.2, 0.25) is 0 Å². The molecule has 0 unspecified atom stereocenters. The zero-order valence-electron chi connectivity index (χ0n) is 12.4. The molecule has 0 spiro atoms. The number of hydrogen-bond acceptors (Lipinski definition) is 4. The number of furan rings is 1. The minimum atomic E-state index is -0.282. The van der Waals surface area contributed by atoms with Crippen LogP contribution >= 0.6 is 11.3 Å². The molecule has 22 heavy (non-hydrogen) atoms. The Bertz CT molecular complexity index is 787. The Morgan fingerprint density at radius 2 is 2.00 bits per heavy atom. The summed E-state index contributed by atoms with van der Waals surface area (Å²) in [6, 6.07) is 11.7. The standard InChI is InChI=1S/C17H16N2O2S/c1-3-12-5-7-13(8-6-12)14-10-22-17(18-14)19-16(20)15-9-4-11(2)21-15/h4-10H,3H2,1-2H3,(H,18,19,20). The molecule has 0 bridgehead atoms. The number of nitrogens with one attached hydrogen (secondary N) is 1. The zero-order valence-corrected chi connectivity index (χ0v) is 13.2. The van der Waals surface area contributed by atoms with Crippen molar-refractivity contribution in [3.8, 4) is 11.3 Å². The van der Waals surface area contributed by atoms with Crippen LogP contribution in [-0.2, 0) is 6.42 Å². The molecular weight excluding hydrogens is 296 g/mol. The van der Waals surface area contributed by atoms with Crippen molar-refractivity contribution in [1.29, 1.82) is 0 Å². The molecule has 5 heteroatoms. The fourth-order valence-corrected chi connectivity index (χ4v) is 2.80. The van der Waals surface area contributed by atoms with Crippen LogP contribution < -0.4 is 5.32 Å². The van der Waals surface area contributed by atoms with Gasteiger partial charge in [0.15, 0.2) is 10.9 Å². The smallest absolute Gasteiger partial charge is 0.293 e. The molecule has 2 heterocycles. The topological polar surface area (TPSA) is 55.1 Å². The van der Waals surface area contributed by atoms with Crippen molar-refractivity contribution in [3.05, 3.63) is 58.9 Å². The number of carbonyl (C=O) groups is 1. The van der Waals surface area contributed by atoms with Gasteiger partial charge in [-0.05, 0) is 31.0 Å². The van der Waals surface area contributed by atoms with Gasteiger partial charge in [-0.2, -0.15) is 0 Å². The van der Waals surface area contributed by atoms with Crippen LogP contribution in [0.25, 0.3) is 11.3 Å². The summed E-state index contributed by atoms with van der Waals surface area (Å²) in [5, 5.41) is 5.26. The number of rotatable bonds is 4. The van der Waals surface area contributed by atoms with Gasteiger partial charge in [0.25, 0.3) is 5.91 Å². The third-order valence-corrected chi connectivity index (χ3v) is 4.10. The van der Waals surface area contributed by atoms with Gasteiger partial charge in [0.1, 0.15) is 5.76 Å². The number of carbonyl (C=O) groups excluding carboxylic acids is 1. The van der Waals surface area contributed by atoms with E-state index in [0.717, 1.165) is 17.7 Å². The van der Waals surface area contributed by atoms with E-state index in [1.807, 2.05) is 5.38 Å². The van der Waals surface area contributed by atoms with Crippen LogP contribution in [0.15, 0.2) is 46.2 Å². The van der Waals surface area contributed by atoms with Gasteiger partial charge in [-0.25, -0.2) is 4.98 Å². The van der Waals surface area contributed by atoms with E-state index >= 15 is 0 Å². The fourth-order valence-electron chi connectivity index (χ4n) is 2.09. The molecule has 0 saturated heterocycles. The van der Waals surface area contributed by atoms with Crippen molar-refractivity contribution in [2.45, 2.75) is 20.3 Å². The fraction of sp³-hybridized carbons (Fsp3) is 0.176. The van der Waals surface area contributed by atoms with Gasteiger partial charge in [0, 0.05) is 10.9 Å². The predicted octanol–water partition coefficient (Wildman–Crippen LogP) is 4.53. The second kappa shape index (κ2) is 6.15. The van der Waals surface area contributed by atoms with Crippen LogP contribution in [-0.4, -0.2) is 10.9 Å². The van der Waals surface area contributed by atoms with E-state index in [1.54, 1.807) is 19.1 Å². The molecule has 2 aromatic heterocycles. The average molecular weight is 312 g/mol. The monoisotopic (exact) mass is 312 g/mol. The first-order valence-electron chi connectivity index (χ1n) is 7.08. The van der Waals surface area contributed by atoms with Crippen molar-refractivity contribution in [2.75, 3.05) is 5.32 Å². The lowest BCUT2D eigenvalue weighted by Gasteiger charge is -2.00. The zero-order chi connectivity index (χ0) is 15.5. The van der Waals surface area contributed by atoms with Crippen molar-refractivity contribution in [1.82, 2.24) is 4.98 Å². The maximum atomic E-state index is 12.0. The number of aryl methyl sites for hydroxylation is 2. The largest absolute Gasteiger partial charge is 0.456 e. The predicted molar refractivity (Wildman–Crippen MR) is 88.3 cm³/mol. The third-order valence-electron chi connectivity index (χ3n) is 3.35. The second-order valence-corrected chi connectivity index (χ2v) is 5.81. The van der Waals surface area contributed by atoms with Gasteiger partial charge in [0.05, 0.1) is 5.69 Å². The summed E-state index contributed by atoms with van der Waals surface area (Å²) >= 11 is 1.40. The Labute approximate surface area is 132 Å². The summed E-state index contributed by atoms with van der Waals surface area (Å²) in [7, 11) is 0. The number of amides is 1. The van der Waals surface area contributed by atoms with Gasteiger partial charge in [0.2, 0.25) is 0 Å². The van der Waals surface area contributed by atoms with Crippen molar-refractivity contribution in [2.24, 2.45) is 0 Å². The van der Waals surface area contributed by atoms with Crippen molar-refractivity contribution < 1.29 is 9.21 Å². The average Bonchev–Trinajstić information content (AvgIpc) is 3.16. The van der Waals surface area contributed by atoms with Crippen LogP contribution in [0.5, 0.6) is 0 Å². The first kappa shape index (κ1) is 14.5. The summed E-state index contributed by atoms with van der Waals surface area (Å²) < 4.78 is 5.30. The summed E-state index contributed by atoms with van der Waals surface area (Å²) in [5.74, 6) is 0.720. The number of anilines is 1. The summed E-state index contributed by atoms with van der Waals surface area (Å²) in [6.07, 6.45) is 1.02.